The lowest BCUT2D eigenvalue weighted by Crippen LogP contribution is -2.50. The third-order valence-electron chi connectivity index (χ3n) is 5.31. The molecule has 1 aliphatic carbocycles. The largest absolute Gasteiger partial charge is 0.368 e. The van der Waals surface area contributed by atoms with Gasteiger partial charge in [0.05, 0.1) is 6.04 Å². The Morgan fingerprint density at radius 3 is 2.36 bits per heavy atom. The van der Waals surface area contributed by atoms with E-state index in [0.717, 1.165) is 39.0 Å². The van der Waals surface area contributed by atoms with Crippen LogP contribution >= 0.6 is 0 Å². The molecule has 0 spiro atoms. The summed E-state index contributed by atoms with van der Waals surface area (Å²) in [4.78, 5) is 31.7. The van der Waals surface area contributed by atoms with Crippen LogP contribution in [-0.2, 0) is 4.79 Å². The smallest absolute Gasteiger partial charge is 0.229 e. The Labute approximate surface area is 149 Å². The summed E-state index contributed by atoms with van der Waals surface area (Å²) in [5.41, 5.74) is 5.84. The van der Waals surface area contributed by atoms with Crippen LogP contribution in [0.4, 0.5) is 11.9 Å². The maximum Gasteiger partial charge on any atom is 0.229 e. The molecular weight excluding hydrogens is 318 g/mol. The number of amides is 1. The summed E-state index contributed by atoms with van der Waals surface area (Å²) in [6.45, 7) is 5.31. The second kappa shape index (κ2) is 7.51. The van der Waals surface area contributed by atoms with E-state index < -0.39 is 0 Å². The van der Waals surface area contributed by atoms with Gasteiger partial charge >= 0.3 is 0 Å². The van der Waals surface area contributed by atoms with Crippen LogP contribution in [-0.4, -0.2) is 70.9 Å². The van der Waals surface area contributed by atoms with Gasteiger partial charge in [0.2, 0.25) is 17.8 Å². The molecule has 1 amide bonds. The normalized spacial score (nSPS) is 20.7. The molecule has 0 radical (unpaired) electrons. The average molecular weight is 347 g/mol. The summed E-state index contributed by atoms with van der Waals surface area (Å²) in [5, 5.41) is 0. The summed E-state index contributed by atoms with van der Waals surface area (Å²) in [6.07, 6.45) is 4.52. The van der Waals surface area contributed by atoms with Crippen molar-refractivity contribution in [2.24, 2.45) is 5.92 Å². The molecule has 8 nitrogen and oxygen atoms in total. The first kappa shape index (κ1) is 17.8. The van der Waals surface area contributed by atoms with Crippen LogP contribution in [0.25, 0.3) is 0 Å². The van der Waals surface area contributed by atoms with E-state index >= 15 is 0 Å². The van der Waals surface area contributed by atoms with Crippen molar-refractivity contribution < 1.29 is 4.79 Å². The molecule has 1 aromatic heterocycles. The highest BCUT2D eigenvalue weighted by atomic mass is 16.2. The Hall–Kier alpha value is -1.96. The number of carbonyl (C=O) groups excluding carboxylic acids is 1. The predicted octanol–water partition coefficient (Wildman–Crippen LogP) is 0.915. The van der Waals surface area contributed by atoms with Gasteiger partial charge in [-0.15, -0.1) is 0 Å². The molecule has 0 bridgehead atoms. The first-order valence-electron chi connectivity index (χ1n) is 9.17. The number of hydrogen-bond acceptors (Lipinski definition) is 7. The summed E-state index contributed by atoms with van der Waals surface area (Å²) < 4.78 is 0. The highest BCUT2D eigenvalue weighted by Gasteiger charge is 2.31. The van der Waals surface area contributed by atoms with Crippen molar-refractivity contribution >= 4 is 17.8 Å². The highest BCUT2D eigenvalue weighted by Crippen LogP contribution is 2.27. The molecule has 2 aliphatic rings. The molecule has 2 fully saturated rings. The fourth-order valence-electron chi connectivity index (χ4n) is 3.71. The van der Waals surface area contributed by atoms with Crippen molar-refractivity contribution in [1.82, 2.24) is 24.8 Å². The van der Waals surface area contributed by atoms with Gasteiger partial charge in [-0.25, -0.2) is 0 Å². The van der Waals surface area contributed by atoms with Crippen LogP contribution in [0, 0.1) is 5.92 Å². The minimum atomic E-state index is 0.0488. The molecule has 1 saturated heterocycles. The Morgan fingerprint density at radius 2 is 1.76 bits per heavy atom. The first-order valence-corrected chi connectivity index (χ1v) is 9.17. The third kappa shape index (κ3) is 4.00. The highest BCUT2D eigenvalue weighted by molar-refractivity contribution is 5.79. The quantitative estimate of drug-likeness (QED) is 0.866. The van der Waals surface area contributed by atoms with Gasteiger partial charge in [-0.1, -0.05) is 12.8 Å². The Balaban J connectivity index is 1.61. The van der Waals surface area contributed by atoms with Crippen LogP contribution in [0.5, 0.6) is 0 Å². The van der Waals surface area contributed by atoms with Crippen LogP contribution in [0.15, 0.2) is 0 Å². The lowest BCUT2D eigenvalue weighted by molar-refractivity contribution is -0.137. The molecule has 1 aliphatic heterocycles. The molecule has 3 rings (SSSR count). The van der Waals surface area contributed by atoms with Gasteiger partial charge in [-0.05, 0) is 19.8 Å². The van der Waals surface area contributed by atoms with Crippen molar-refractivity contribution in [2.45, 2.75) is 38.6 Å². The van der Waals surface area contributed by atoms with E-state index in [2.05, 4.69) is 26.8 Å². The van der Waals surface area contributed by atoms with Crippen LogP contribution in [0.1, 0.15) is 44.5 Å². The van der Waals surface area contributed by atoms with Crippen LogP contribution < -0.4 is 10.6 Å². The molecule has 8 heteroatoms. The fraction of sp³-hybridized carbons (Fsp3) is 0.765. The summed E-state index contributed by atoms with van der Waals surface area (Å²) in [5.74, 6) is 2.12. The zero-order valence-electron chi connectivity index (χ0n) is 15.5. The lowest BCUT2D eigenvalue weighted by Gasteiger charge is -2.38. The number of carbonyl (C=O) groups is 1. The van der Waals surface area contributed by atoms with Gasteiger partial charge in [-0.3, -0.25) is 9.69 Å². The van der Waals surface area contributed by atoms with E-state index in [9.17, 15) is 4.79 Å². The van der Waals surface area contributed by atoms with Gasteiger partial charge in [0.25, 0.3) is 0 Å². The molecule has 0 unspecified atom stereocenters. The number of nitrogen functional groups attached to an aromatic ring is 1. The number of nitrogens with two attached hydrogens (primary N) is 1. The van der Waals surface area contributed by atoms with Gasteiger partial charge in [0.15, 0.2) is 5.82 Å². The Morgan fingerprint density at radius 1 is 1.12 bits per heavy atom. The van der Waals surface area contributed by atoms with Crippen LogP contribution in [0.2, 0.25) is 0 Å². The van der Waals surface area contributed by atoms with Crippen molar-refractivity contribution in [3.05, 3.63) is 5.82 Å². The first-order chi connectivity index (χ1) is 12.0. The maximum absolute atomic E-state index is 12.6. The summed E-state index contributed by atoms with van der Waals surface area (Å²) in [6, 6.07) is 0.0488. The SMILES string of the molecule is C[C@@H](c1nc(N)nc(N(C)C)n1)N1CCN(C(=O)C2CCCC2)CC1. The number of piperazine rings is 1. The van der Waals surface area contributed by atoms with E-state index in [-0.39, 0.29) is 17.9 Å². The molecule has 0 aromatic carbocycles. The van der Waals surface area contributed by atoms with E-state index in [1.165, 1.54) is 12.8 Å². The number of hydrogen-bond donors (Lipinski definition) is 1. The van der Waals surface area contributed by atoms with E-state index in [1.54, 1.807) is 0 Å². The van der Waals surface area contributed by atoms with E-state index in [0.29, 0.717) is 17.7 Å². The molecule has 2 heterocycles. The standard InChI is InChI=1S/C17H29N7O/c1-12(14-19-16(18)21-17(20-14)22(2)3)23-8-10-24(11-9-23)15(25)13-6-4-5-7-13/h12-13H,4-11H2,1-3H3,(H2,18,19,20,21)/t12-/m0/s1. The number of aromatic nitrogens is 3. The summed E-state index contributed by atoms with van der Waals surface area (Å²) >= 11 is 0. The Bertz CT molecular complexity index is 607. The lowest BCUT2D eigenvalue weighted by atomic mass is 10.1. The molecule has 1 aromatic rings. The number of nitrogens with zero attached hydrogens (tertiary/aromatic N) is 6. The second-order valence-corrected chi connectivity index (χ2v) is 7.26. The zero-order valence-corrected chi connectivity index (χ0v) is 15.5. The number of anilines is 2. The zero-order chi connectivity index (χ0) is 18.0. The topological polar surface area (TPSA) is 91.5 Å². The maximum atomic E-state index is 12.6. The van der Waals surface area contributed by atoms with Crippen LogP contribution in [0.3, 0.4) is 0 Å². The van der Waals surface area contributed by atoms with Gasteiger partial charge in [-0.2, -0.15) is 15.0 Å². The minimum absolute atomic E-state index is 0.0488. The Kier molecular flexibility index (Phi) is 5.36. The third-order valence-corrected chi connectivity index (χ3v) is 5.31. The molecule has 1 saturated carbocycles. The molecule has 1 atom stereocenters. The number of rotatable bonds is 4. The van der Waals surface area contributed by atoms with Crippen molar-refractivity contribution in [2.75, 3.05) is 50.9 Å². The van der Waals surface area contributed by atoms with E-state index in [1.807, 2.05) is 23.9 Å². The van der Waals surface area contributed by atoms with Crippen molar-refractivity contribution in [1.29, 1.82) is 0 Å². The fourth-order valence-corrected chi connectivity index (χ4v) is 3.71. The predicted molar refractivity (Wildman–Crippen MR) is 97.1 cm³/mol. The molecule has 25 heavy (non-hydrogen) atoms. The van der Waals surface area contributed by atoms with E-state index in [4.69, 9.17) is 5.73 Å². The second-order valence-electron chi connectivity index (χ2n) is 7.26. The van der Waals surface area contributed by atoms with Crippen molar-refractivity contribution in [3.8, 4) is 0 Å². The molecule has 2 N–H and O–H groups in total. The summed E-state index contributed by atoms with van der Waals surface area (Å²) in [7, 11) is 3.77. The minimum Gasteiger partial charge on any atom is -0.368 e. The van der Waals surface area contributed by atoms with Gasteiger partial charge in [0.1, 0.15) is 0 Å². The molecular formula is C17H29N7O. The monoisotopic (exact) mass is 347 g/mol. The van der Waals surface area contributed by atoms with Gasteiger partial charge < -0.3 is 15.5 Å². The average Bonchev–Trinajstić information content (AvgIpc) is 3.14. The van der Waals surface area contributed by atoms with Crippen molar-refractivity contribution in [3.63, 3.8) is 0 Å². The van der Waals surface area contributed by atoms with Gasteiger partial charge in [0, 0.05) is 46.2 Å². The molecule has 138 valence electrons.